The first kappa shape index (κ1) is 14.2. The van der Waals surface area contributed by atoms with Gasteiger partial charge in [0.2, 0.25) is 0 Å². The lowest BCUT2D eigenvalue weighted by atomic mass is 9.86. The minimum Gasteiger partial charge on any atom is -0.377 e. The van der Waals surface area contributed by atoms with Crippen LogP contribution in [0.5, 0.6) is 0 Å². The van der Waals surface area contributed by atoms with Gasteiger partial charge in [-0.2, -0.15) is 0 Å². The summed E-state index contributed by atoms with van der Waals surface area (Å²) >= 11 is 0. The molecule has 1 unspecified atom stereocenters. The molecule has 2 heteroatoms. The van der Waals surface area contributed by atoms with Crippen molar-refractivity contribution in [1.29, 1.82) is 0 Å². The van der Waals surface area contributed by atoms with Gasteiger partial charge in [0, 0.05) is 7.11 Å². The van der Waals surface area contributed by atoms with Crippen LogP contribution in [0.2, 0.25) is 0 Å². The SMILES string of the molecule is COC(CCCN)c1ccc(C(C)(C)C)cc1. The van der Waals surface area contributed by atoms with Gasteiger partial charge in [0.05, 0.1) is 6.10 Å². The molecular formula is C15H25NO. The maximum absolute atomic E-state index is 5.54. The first-order valence-electron chi connectivity index (χ1n) is 6.32. The highest BCUT2D eigenvalue weighted by Gasteiger charge is 2.15. The van der Waals surface area contributed by atoms with Crippen molar-refractivity contribution >= 4 is 0 Å². The van der Waals surface area contributed by atoms with Crippen LogP contribution < -0.4 is 5.73 Å². The van der Waals surface area contributed by atoms with E-state index in [2.05, 4.69) is 45.0 Å². The zero-order valence-electron chi connectivity index (χ0n) is 11.5. The Labute approximate surface area is 105 Å². The summed E-state index contributed by atoms with van der Waals surface area (Å²) < 4.78 is 5.51. The Morgan fingerprint density at radius 2 is 1.76 bits per heavy atom. The maximum atomic E-state index is 5.54. The highest BCUT2D eigenvalue weighted by atomic mass is 16.5. The van der Waals surface area contributed by atoms with Crippen LogP contribution in [0.25, 0.3) is 0 Å². The summed E-state index contributed by atoms with van der Waals surface area (Å²) in [6.45, 7) is 7.40. The van der Waals surface area contributed by atoms with Crippen molar-refractivity contribution in [1.82, 2.24) is 0 Å². The fourth-order valence-electron chi connectivity index (χ4n) is 1.92. The van der Waals surface area contributed by atoms with Gasteiger partial charge >= 0.3 is 0 Å². The topological polar surface area (TPSA) is 35.2 Å². The highest BCUT2D eigenvalue weighted by molar-refractivity contribution is 5.28. The van der Waals surface area contributed by atoms with Crippen LogP contribution in [-0.4, -0.2) is 13.7 Å². The standard InChI is InChI=1S/C15H25NO/c1-15(2,3)13-9-7-12(8-10-13)14(17-4)6-5-11-16/h7-10,14H,5-6,11,16H2,1-4H3. The van der Waals surface area contributed by atoms with Crippen LogP contribution in [0, 0.1) is 0 Å². The lowest BCUT2D eigenvalue weighted by Crippen LogP contribution is -2.11. The molecule has 1 atom stereocenters. The van der Waals surface area contributed by atoms with Crippen LogP contribution in [-0.2, 0) is 10.2 Å². The molecule has 0 spiro atoms. The molecule has 0 saturated carbocycles. The van der Waals surface area contributed by atoms with E-state index in [4.69, 9.17) is 10.5 Å². The molecule has 0 bridgehead atoms. The molecule has 1 rings (SSSR count). The van der Waals surface area contributed by atoms with Gasteiger partial charge < -0.3 is 10.5 Å². The number of hydrogen-bond acceptors (Lipinski definition) is 2. The molecule has 0 aliphatic rings. The Morgan fingerprint density at radius 1 is 1.18 bits per heavy atom. The van der Waals surface area contributed by atoms with Gasteiger partial charge in [-0.15, -0.1) is 0 Å². The molecule has 1 aromatic carbocycles. The Kier molecular flexibility index (Phi) is 5.16. The largest absolute Gasteiger partial charge is 0.377 e. The van der Waals surface area contributed by atoms with Crippen molar-refractivity contribution in [2.75, 3.05) is 13.7 Å². The number of benzene rings is 1. The molecule has 96 valence electrons. The van der Waals surface area contributed by atoms with Gasteiger partial charge in [0.15, 0.2) is 0 Å². The quantitative estimate of drug-likeness (QED) is 0.849. The van der Waals surface area contributed by atoms with E-state index in [9.17, 15) is 0 Å². The van der Waals surface area contributed by atoms with E-state index < -0.39 is 0 Å². The average Bonchev–Trinajstić information content (AvgIpc) is 2.29. The van der Waals surface area contributed by atoms with Crippen LogP contribution >= 0.6 is 0 Å². The maximum Gasteiger partial charge on any atom is 0.0821 e. The van der Waals surface area contributed by atoms with Crippen LogP contribution in [0.1, 0.15) is 50.8 Å². The highest BCUT2D eigenvalue weighted by Crippen LogP contribution is 2.26. The lowest BCUT2D eigenvalue weighted by molar-refractivity contribution is 0.0943. The summed E-state index contributed by atoms with van der Waals surface area (Å²) in [6, 6.07) is 8.74. The molecule has 0 aliphatic heterocycles. The summed E-state index contributed by atoms with van der Waals surface area (Å²) in [5, 5.41) is 0. The van der Waals surface area contributed by atoms with Gasteiger partial charge in [-0.25, -0.2) is 0 Å². The third kappa shape index (κ3) is 4.14. The average molecular weight is 235 g/mol. The molecule has 0 fully saturated rings. The first-order chi connectivity index (χ1) is 7.99. The van der Waals surface area contributed by atoms with Crippen molar-refractivity contribution in [2.45, 2.75) is 45.1 Å². The molecule has 2 nitrogen and oxygen atoms in total. The minimum atomic E-state index is 0.174. The molecule has 0 aliphatic carbocycles. The van der Waals surface area contributed by atoms with Crippen LogP contribution in [0.15, 0.2) is 24.3 Å². The normalized spacial score (nSPS) is 13.7. The van der Waals surface area contributed by atoms with E-state index in [1.165, 1.54) is 11.1 Å². The molecule has 0 aromatic heterocycles. The molecule has 2 N–H and O–H groups in total. The van der Waals surface area contributed by atoms with Crippen molar-refractivity contribution in [3.63, 3.8) is 0 Å². The zero-order chi connectivity index (χ0) is 12.9. The Bertz CT molecular complexity index is 324. The second-order valence-electron chi connectivity index (χ2n) is 5.53. The van der Waals surface area contributed by atoms with E-state index in [1.54, 1.807) is 7.11 Å². The summed E-state index contributed by atoms with van der Waals surface area (Å²) in [5.41, 5.74) is 8.34. The van der Waals surface area contributed by atoms with Crippen LogP contribution in [0.3, 0.4) is 0 Å². The fraction of sp³-hybridized carbons (Fsp3) is 0.600. The Morgan fingerprint density at radius 3 is 2.18 bits per heavy atom. The molecule has 0 radical (unpaired) electrons. The summed E-state index contributed by atoms with van der Waals surface area (Å²) in [6.07, 6.45) is 2.16. The lowest BCUT2D eigenvalue weighted by Gasteiger charge is -2.21. The summed E-state index contributed by atoms with van der Waals surface area (Å²) in [5.74, 6) is 0. The van der Waals surface area contributed by atoms with E-state index in [1.807, 2.05) is 0 Å². The third-order valence-electron chi connectivity index (χ3n) is 3.10. The van der Waals surface area contributed by atoms with Crippen molar-refractivity contribution < 1.29 is 4.74 Å². The number of hydrogen-bond donors (Lipinski definition) is 1. The molecule has 1 aromatic rings. The predicted octanol–water partition coefficient (Wildman–Crippen LogP) is 3.41. The van der Waals surface area contributed by atoms with E-state index >= 15 is 0 Å². The monoisotopic (exact) mass is 235 g/mol. The smallest absolute Gasteiger partial charge is 0.0821 e. The third-order valence-corrected chi connectivity index (χ3v) is 3.10. The van der Waals surface area contributed by atoms with Gasteiger partial charge in [0.25, 0.3) is 0 Å². The molecule has 0 heterocycles. The molecular weight excluding hydrogens is 210 g/mol. The number of nitrogens with two attached hydrogens (primary N) is 1. The number of rotatable bonds is 5. The molecule has 0 amide bonds. The number of ether oxygens (including phenoxy) is 1. The van der Waals surface area contributed by atoms with E-state index in [-0.39, 0.29) is 11.5 Å². The van der Waals surface area contributed by atoms with Gasteiger partial charge in [-0.05, 0) is 35.9 Å². The zero-order valence-corrected chi connectivity index (χ0v) is 11.5. The molecule has 17 heavy (non-hydrogen) atoms. The van der Waals surface area contributed by atoms with Crippen molar-refractivity contribution in [3.05, 3.63) is 35.4 Å². The summed E-state index contributed by atoms with van der Waals surface area (Å²) in [4.78, 5) is 0. The fourth-order valence-corrected chi connectivity index (χ4v) is 1.92. The summed E-state index contributed by atoms with van der Waals surface area (Å²) in [7, 11) is 1.76. The Balaban J connectivity index is 2.78. The Hall–Kier alpha value is -0.860. The van der Waals surface area contributed by atoms with Crippen molar-refractivity contribution in [2.24, 2.45) is 5.73 Å². The number of methoxy groups -OCH3 is 1. The van der Waals surface area contributed by atoms with E-state index in [0.717, 1.165) is 19.4 Å². The second kappa shape index (κ2) is 6.18. The minimum absolute atomic E-state index is 0.174. The van der Waals surface area contributed by atoms with Gasteiger partial charge in [-0.3, -0.25) is 0 Å². The first-order valence-corrected chi connectivity index (χ1v) is 6.32. The van der Waals surface area contributed by atoms with E-state index in [0.29, 0.717) is 0 Å². The second-order valence-corrected chi connectivity index (χ2v) is 5.53. The van der Waals surface area contributed by atoms with Gasteiger partial charge in [0.1, 0.15) is 0 Å². The van der Waals surface area contributed by atoms with Gasteiger partial charge in [-0.1, -0.05) is 45.0 Å². The van der Waals surface area contributed by atoms with Crippen molar-refractivity contribution in [3.8, 4) is 0 Å². The molecule has 0 saturated heterocycles. The van der Waals surface area contributed by atoms with Crippen LogP contribution in [0.4, 0.5) is 0 Å². The predicted molar refractivity (Wildman–Crippen MR) is 73.2 cm³/mol.